The zero-order chi connectivity index (χ0) is 66.7. The second kappa shape index (κ2) is 34.8. The first-order valence-electron chi connectivity index (χ1n) is 29.4. The Morgan fingerprint density at radius 3 is 1.17 bits per heavy atom. The number of carbonyl (C=O) groups is 6. The molecule has 3 amide bonds. The molecule has 1 aromatic heterocycles. The SMILES string of the molecule is C=C(N)c1cccc(CC(C(=O)OC)C(C)NC(=O)C#Cc2ccccc2)c1.C=C(N)c1cccc(CC(C(=O)OC)C(C)NC(=O)c2ccc(C#Cc3ccccc3)cc2)c1.C=C(N)c1cccc(CC(C(=O)OC)C(C)NC(=O)c2ccc3nccnc3c2)c1. The highest BCUT2D eigenvalue weighted by atomic mass is 16.5. The van der Waals surface area contributed by atoms with Crippen LogP contribution in [0.4, 0.5) is 0 Å². The van der Waals surface area contributed by atoms with Crippen LogP contribution >= 0.6 is 0 Å². The summed E-state index contributed by atoms with van der Waals surface area (Å²) in [5.41, 5.74) is 28.5. The lowest BCUT2D eigenvalue weighted by atomic mass is 9.92. The highest BCUT2D eigenvalue weighted by Gasteiger charge is 2.31. The number of ether oxygens (including phenoxy) is 3. The molecule has 7 aromatic carbocycles. The van der Waals surface area contributed by atoms with Crippen LogP contribution in [-0.2, 0) is 52.7 Å². The number of hydrogen-bond donors (Lipinski definition) is 6. The van der Waals surface area contributed by atoms with Gasteiger partial charge in [0, 0.05) is 81.3 Å². The van der Waals surface area contributed by atoms with Crippen LogP contribution in [0.15, 0.2) is 208 Å². The minimum Gasteiger partial charge on any atom is -0.469 e. The molecule has 0 saturated carbocycles. The largest absolute Gasteiger partial charge is 0.469 e. The van der Waals surface area contributed by atoms with Gasteiger partial charge in [-0.3, -0.25) is 38.7 Å². The van der Waals surface area contributed by atoms with Gasteiger partial charge in [-0.2, -0.15) is 0 Å². The first-order chi connectivity index (χ1) is 44.2. The summed E-state index contributed by atoms with van der Waals surface area (Å²) in [5, 5.41) is 8.60. The van der Waals surface area contributed by atoms with E-state index in [1.807, 2.05) is 133 Å². The summed E-state index contributed by atoms with van der Waals surface area (Å²) >= 11 is 0. The molecular weight excluding hydrogens is 1160 g/mol. The highest BCUT2D eigenvalue weighted by molar-refractivity contribution is 5.98. The lowest BCUT2D eigenvalue weighted by Crippen LogP contribution is -2.42. The van der Waals surface area contributed by atoms with E-state index in [2.05, 4.69) is 69.3 Å². The number of esters is 3. The third-order valence-corrected chi connectivity index (χ3v) is 14.8. The van der Waals surface area contributed by atoms with Crippen molar-refractivity contribution in [3.63, 3.8) is 0 Å². The predicted octanol–water partition coefficient (Wildman–Crippen LogP) is 9.38. The fourth-order valence-corrected chi connectivity index (χ4v) is 9.55. The lowest BCUT2D eigenvalue weighted by Gasteiger charge is -2.23. The Bertz CT molecular complexity index is 4060. The molecule has 92 heavy (non-hydrogen) atoms. The Labute approximate surface area is 537 Å². The quantitative estimate of drug-likeness (QED) is 0.0236. The van der Waals surface area contributed by atoms with Crippen molar-refractivity contribution in [2.75, 3.05) is 21.3 Å². The molecule has 6 atom stereocenters. The Kier molecular flexibility index (Phi) is 26.3. The third-order valence-electron chi connectivity index (χ3n) is 14.8. The van der Waals surface area contributed by atoms with Gasteiger partial charge in [-0.05, 0) is 158 Å². The molecule has 0 fully saturated rings. The fourth-order valence-electron chi connectivity index (χ4n) is 9.55. The number of rotatable bonds is 20. The zero-order valence-corrected chi connectivity index (χ0v) is 52.4. The fraction of sp³-hybridized carbons (Fsp3) is 0.200. The number of amides is 3. The molecule has 17 heteroatoms. The first-order valence-corrected chi connectivity index (χ1v) is 29.4. The van der Waals surface area contributed by atoms with E-state index in [4.69, 9.17) is 31.4 Å². The number of methoxy groups -OCH3 is 3. The maximum atomic E-state index is 12.8. The lowest BCUT2D eigenvalue weighted by molar-refractivity contribution is -0.147. The minimum atomic E-state index is -0.569. The van der Waals surface area contributed by atoms with Crippen LogP contribution in [0.25, 0.3) is 28.1 Å². The van der Waals surface area contributed by atoms with Gasteiger partial charge in [0.25, 0.3) is 17.7 Å². The molecule has 0 aliphatic heterocycles. The van der Waals surface area contributed by atoms with E-state index < -0.39 is 59.7 Å². The number of hydrogen-bond acceptors (Lipinski definition) is 14. The van der Waals surface area contributed by atoms with Crippen molar-refractivity contribution in [2.24, 2.45) is 35.0 Å². The second-order valence-corrected chi connectivity index (χ2v) is 21.5. The topological polar surface area (TPSA) is 270 Å². The number of nitrogens with two attached hydrogens (primary N) is 3. The summed E-state index contributed by atoms with van der Waals surface area (Å²) in [4.78, 5) is 83.4. The Morgan fingerprint density at radius 2 is 0.772 bits per heavy atom. The zero-order valence-electron chi connectivity index (χ0n) is 52.4. The van der Waals surface area contributed by atoms with Gasteiger partial charge in [-0.1, -0.05) is 128 Å². The smallest absolute Gasteiger partial charge is 0.311 e. The van der Waals surface area contributed by atoms with E-state index in [9.17, 15) is 28.8 Å². The van der Waals surface area contributed by atoms with Gasteiger partial charge in [0.05, 0.1) is 50.1 Å². The summed E-state index contributed by atoms with van der Waals surface area (Å²) < 4.78 is 14.9. The first kappa shape index (κ1) is 69.5. The summed E-state index contributed by atoms with van der Waals surface area (Å²) in [6.07, 6.45) is 4.34. The molecule has 0 aliphatic rings. The number of nitrogens with one attached hydrogen (secondary N) is 3. The molecular formula is C75H76N8O9. The van der Waals surface area contributed by atoms with Crippen LogP contribution in [0.3, 0.4) is 0 Å². The van der Waals surface area contributed by atoms with Crippen molar-refractivity contribution in [3.8, 4) is 23.7 Å². The van der Waals surface area contributed by atoms with Crippen molar-refractivity contribution < 1.29 is 43.0 Å². The van der Waals surface area contributed by atoms with Crippen molar-refractivity contribution in [1.82, 2.24) is 25.9 Å². The number of nitrogens with zero attached hydrogens (tertiary/aromatic N) is 2. The Morgan fingerprint density at radius 1 is 0.413 bits per heavy atom. The van der Waals surface area contributed by atoms with Crippen LogP contribution in [0, 0.1) is 41.4 Å². The second-order valence-electron chi connectivity index (χ2n) is 21.5. The summed E-state index contributed by atoms with van der Waals surface area (Å²) in [5.74, 6) is 7.63. The number of carbonyl (C=O) groups excluding carboxylic acids is 6. The molecule has 9 N–H and O–H groups in total. The Hall–Kier alpha value is -11.6. The van der Waals surface area contributed by atoms with Gasteiger partial charge in [0.2, 0.25) is 0 Å². The standard InChI is InChI=1S/C29H28N2O3.C23H24N4O3.C23H24N2O3/c1-20(30)26-11-7-10-24(18-26)19-27(29(33)34-3)21(2)31-28(32)25-16-14-23(15-17-25)13-12-22-8-5-4-6-9-22;1-14(24)17-6-4-5-16(11-17)12-19(23(29)30-3)15(2)27-22(28)18-7-8-20-21(13-18)26-10-9-25-20;1-16(24)20-11-7-10-19(14-20)15-21(23(27)28-3)17(2)25-22(26)13-12-18-8-5-4-6-9-18/h4-11,14-18,21,27H,1,19,30H2,2-3H3,(H,31,32);4-11,13,15,19H,1,12,24H2,2-3H3,(H,27,28);4-11,14,17,21H,1,15,24H2,2-3H3,(H,25,26). The molecule has 0 aliphatic carbocycles. The monoisotopic (exact) mass is 1230 g/mol. The van der Waals surface area contributed by atoms with Gasteiger partial charge >= 0.3 is 17.9 Å². The van der Waals surface area contributed by atoms with Crippen molar-refractivity contribution in [2.45, 2.75) is 58.2 Å². The highest BCUT2D eigenvalue weighted by Crippen LogP contribution is 2.22. The summed E-state index contributed by atoms with van der Waals surface area (Å²) in [6, 6.07) is 52.2. The van der Waals surface area contributed by atoms with E-state index in [1.54, 1.807) is 75.6 Å². The van der Waals surface area contributed by atoms with E-state index >= 15 is 0 Å². The average Bonchev–Trinajstić information content (AvgIpc) is 1.60. The van der Waals surface area contributed by atoms with Crippen molar-refractivity contribution >= 4 is 63.8 Å². The van der Waals surface area contributed by atoms with Gasteiger partial charge in [0.15, 0.2) is 0 Å². The van der Waals surface area contributed by atoms with Gasteiger partial charge < -0.3 is 47.4 Å². The molecule has 1 heterocycles. The number of aromatic nitrogens is 2. The maximum absolute atomic E-state index is 12.8. The van der Waals surface area contributed by atoms with Gasteiger partial charge in [0.1, 0.15) is 0 Å². The summed E-state index contributed by atoms with van der Waals surface area (Å²) in [7, 11) is 4.01. The maximum Gasteiger partial charge on any atom is 0.311 e. The average molecular weight is 1230 g/mol. The Balaban J connectivity index is 0.000000220. The molecule has 6 unspecified atom stereocenters. The van der Waals surface area contributed by atoms with Crippen LogP contribution in [-0.4, -0.2) is 85.1 Å². The molecule has 0 radical (unpaired) electrons. The molecule has 17 nitrogen and oxygen atoms in total. The van der Waals surface area contributed by atoms with E-state index in [1.165, 1.54) is 21.3 Å². The van der Waals surface area contributed by atoms with Crippen LogP contribution in [0.2, 0.25) is 0 Å². The molecule has 0 saturated heterocycles. The predicted molar refractivity (Wildman–Crippen MR) is 360 cm³/mol. The third kappa shape index (κ3) is 21.3. The van der Waals surface area contributed by atoms with Crippen molar-refractivity contribution in [1.29, 1.82) is 0 Å². The molecule has 0 bridgehead atoms. The minimum absolute atomic E-state index is 0.270. The molecule has 8 aromatic rings. The van der Waals surface area contributed by atoms with Gasteiger partial charge in [-0.15, -0.1) is 0 Å². The molecule has 470 valence electrons. The van der Waals surface area contributed by atoms with Crippen LogP contribution < -0.4 is 33.2 Å². The van der Waals surface area contributed by atoms with E-state index in [-0.39, 0.29) is 11.8 Å². The van der Waals surface area contributed by atoms with E-state index in [0.717, 1.165) is 50.1 Å². The summed E-state index contributed by atoms with van der Waals surface area (Å²) in [6.45, 7) is 16.6. The van der Waals surface area contributed by atoms with Crippen LogP contribution in [0.1, 0.15) is 91.6 Å². The van der Waals surface area contributed by atoms with Crippen LogP contribution in [0.5, 0.6) is 0 Å². The molecule has 8 rings (SSSR count). The number of fused-ring (bicyclic) bond motifs is 1. The van der Waals surface area contributed by atoms with E-state index in [0.29, 0.717) is 58.5 Å². The normalized spacial score (nSPS) is 12.2. The number of benzene rings is 7. The van der Waals surface area contributed by atoms with Gasteiger partial charge in [-0.25, -0.2) is 0 Å². The molecule has 0 spiro atoms. The van der Waals surface area contributed by atoms with Crippen molar-refractivity contribution in [3.05, 3.63) is 269 Å².